The minimum absolute atomic E-state index is 0.190. The fraction of sp³-hybridized carbons (Fsp3) is 0.636. The Morgan fingerprint density at radius 3 is 3.19 bits per heavy atom. The highest BCUT2D eigenvalue weighted by Crippen LogP contribution is 2.40. The summed E-state index contributed by atoms with van der Waals surface area (Å²) in [4.78, 5) is 18.6. The van der Waals surface area contributed by atoms with Crippen molar-refractivity contribution in [3.63, 3.8) is 0 Å². The second-order valence-electron chi connectivity index (χ2n) is 4.31. The van der Waals surface area contributed by atoms with Crippen molar-refractivity contribution < 1.29 is 0 Å². The van der Waals surface area contributed by atoms with E-state index in [1.807, 2.05) is 11.8 Å². The molecule has 0 bridgehead atoms. The molecule has 3 rings (SSSR count). The summed E-state index contributed by atoms with van der Waals surface area (Å²) < 4.78 is 0. The summed E-state index contributed by atoms with van der Waals surface area (Å²) in [5.74, 6) is 1.20. The molecule has 0 aromatic carbocycles. The van der Waals surface area contributed by atoms with Crippen LogP contribution in [0, 0.1) is 0 Å². The minimum Gasteiger partial charge on any atom is -0.311 e. The SMILES string of the molecule is O=c1nc(C2CCCS2)c2c([nH]1)CNCC2. The molecule has 2 aliphatic heterocycles. The average Bonchev–Trinajstić information content (AvgIpc) is 2.81. The number of thioether (sulfide) groups is 1. The van der Waals surface area contributed by atoms with E-state index in [1.165, 1.54) is 24.2 Å². The van der Waals surface area contributed by atoms with Gasteiger partial charge in [0.05, 0.1) is 5.69 Å². The van der Waals surface area contributed by atoms with Crippen molar-refractivity contribution in [3.8, 4) is 0 Å². The van der Waals surface area contributed by atoms with Crippen molar-refractivity contribution >= 4 is 11.8 Å². The average molecular weight is 237 g/mol. The van der Waals surface area contributed by atoms with Crippen LogP contribution in [0.5, 0.6) is 0 Å². The molecule has 1 fully saturated rings. The summed E-state index contributed by atoms with van der Waals surface area (Å²) in [5, 5.41) is 3.73. The van der Waals surface area contributed by atoms with Gasteiger partial charge in [0.1, 0.15) is 0 Å². The number of aromatic amines is 1. The van der Waals surface area contributed by atoms with Crippen LogP contribution in [0.2, 0.25) is 0 Å². The molecule has 1 atom stereocenters. The minimum atomic E-state index is -0.190. The van der Waals surface area contributed by atoms with Crippen LogP contribution in [0.15, 0.2) is 4.79 Å². The zero-order chi connectivity index (χ0) is 11.0. The fourth-order valence-corrected chi connectivity index (χ4v) is 3.78. The Labute approximate surface area is 98.2 Å². The van der Waals surface area contributed by atoms with Crippen LogP contribution in [0.3, 0.4) is 0 Å². The van der Waals surface area contributed by atoms with E-state index in [0.717, 1.165) is 30.9 Å². The number of H-pyrrole nitrogens is 1. The highest BCUT2D eigenvalue weighted by atomic mass is 32.2. The molecule has 86 valence electrons. The highest BCUT2D eigenvalue weighted by Gasteiger charge is 2.25. The lowest BCUT2D eigenvalue weighted by Gasteiger charge is -2.21. The molecule has 2 N–H and O–H groups in total. The summed E-state index contributed by atoms with van der Waals surface area (Å²) >= 11 is 1.94. The largest absolute Gasteiger partial charge is 0.345 e. The van der Waals surface area contributed by atoms with Gasteiger partial charge in [0.2, 0.25) is 0 Å². The van der Waals surface area contributed by atoms with Crippen LogP contribution < -0.4 is 11.0 Å². The van der Waals surface area contributed by atoms with Crippen molar-refractivity contribution in [2.45, 2.75) is 31.1 Å². The Hall–Kier alpha value is -0.810. The van der Waals surface area contributed by atoms with Gasteiger partial charge in [-0.3, -0.25) is 0 Å². The molecule has 2 aliphatic rings. The maximum atomic E-state index is 11.5. The maximum Gasteiger partial charge on any atom is 0.345 e. The van der Waals surface area contributed by atoms with Crippen LogP contribution in [0.1, 0.15) is 35.0 Å². The Kier molecular flexibility index (Phi) is 2.73. The van der Waals surface area contributed by atoms with E-state index in [4.69, 9.17) is 0 Å². The summed E-state index contributed by atoms with van der Waals surface area (Å²) in [6, 6.07) is 0. The molecule has 16 heavy (non-hydrogen) atoms. The summed E-state index contributed by atoms with van der Waals surface area (Å²) in [6.45, 7) is 1.77. The molecule has 0 amide bonds. The van der Waals surface area contributed by atoms with Gasteiger partial charge in [-0.1, -0.05) is 0 Å². The third kappa shape index (κ3) is 1.78. The third-order valence-corrected chi connectivity index (χ3v) is 4.63. The number of fused-ring (bicyclic) bond motifs is 1. The Bertz CT molecular complexity index is 451. The van der Waals surface area contributed by atoms with Crippen molar-refractivity contribution in [3.05, 3.63) is 27.4 Å². The predicted octanol–water partition coefficient (Wildman–Crippen LogP) is 0.984. The number of hydrogen-bond acceptors (Lipinski definition) is 4. The molecule has 1 unspecified atom stereocenters. The summed E-state index contributed by atoms with van der Waals surface area (Å²) in [7, 11) is 0. The van der Waals surface area contributed by atoms with E-state index >= 15 is 0 Å². The molecule has 0 aliphatic carbocycles. The first kappa shape index (κ1) is 10.4. The van der Waals surface area contributed by atoms with Gasteiger partial charge >= 0.3 is 5.69 Å². The number of aromatic nitrogens is 2. The quantitative estimate of drug-likeness (QED) is 0.764. The summed E-state index contributed by atoms with van der Waals surface area (Å²) in [5.41, 5.74) is 3.21. The molecule has 0 saturated carbocycles. The second kappa shape index (κ2) is 4.22. The lowest BCUT2D eigenvalue weighted by Crippen LogP contribution is -2.30. The van der Waals surface area contributed by atoms with Gasteiger partial charge in [0, 0.05) is 17.5 Å². The molecule has 0 spiro atoms. The second-order valence-corrected chi connectivity index (χ2v) is 5.62. The Balaban J connectivity index is 2.08. The van der Waals surface area contributed by atoms with Gasteiger partial charge < -0.3 is 10.3 Å². The molecular weight excluding hydrogens is 222 g/mol. The standard InChI is InChI=1S/C11H15N3OS/c15-11-13-8-6-12-4-3-7(8)10(14-11)9-2-1-5-16-9/h9,12H,1-6H2,(H,13,14,15). The van der Waals surface area contributed by atoms with Gasteiger partial charge in [-0.15, -0.1) is 0 Å². The van der Waals surface area contributed by atoms with Gasteiger partial charge in [0.25, 0.3) is 0 Å². The maximum absolute atomic E-state index is 11.5. The van der Waals surface area contributed by atoms with Crippen LogP contribution in [-0.4, -0.2) is 22.3 Å². The topological polar surface area (TPSA) is 57.8 Å². The molecule has 1 saturated heterocycles. The Morgan fingerprint density at radius 2 is 2.38 bits per heavy atom. The lowest BCUT2D eigenvalue weighted by molar-refractivity contribution is 0.607. The molecule has 3 heterocycles. The van der Waals surface area contributed by atoms with Crippen LogP contribution in [-0.2, 0) is 13.0 Å². The zero-order valence-corrected chi connectivity index (χ0v) is 9.90. The van der Waals surface area contributed by atoms with E-state index in [9.17, 15) is 4.79 Å². The van der Waals surface area contributed by atoms with Crippen LogP contribution in [0.4, 0.5) is 0 Å². The van der Waals surface area contributed by atoms with E-state index < -0.39 is 0 Å². The number of nitrogens with zero attached hydrogens (tertiary/aromatic N) is 1. The number of rotatable bonds is 1. The first-order chi connectivity index (χ1) is 7.84. The first-order valence-corrected chi connectivity index (χ1v) is 6.84. The van der Waals surface area contributed by atoms with Crippen LogP contribution >= 0.6 is 11.8 Å². The molecule has 1 aromatic heterocycles. The smallest absolute Gasteiger partial charge is 0.311 e. The monoisotopic (exact) mass is 237 g/mol. The number of nitrogens with one attached hydrogen (secondary N) is 2. The van der Waals surface area contributed by atoms with Crippen molar-refractivity contribution in [1.29, 1.82) is 0 Å². The van der Waals surface area contributed by atoms with E-state index in [2.05, 4.69) is 15.3 Å². The molecule has 5 heteroatoms. The molecular formula is C11H15N3OS. The van der Waals surface area contributed by atoms with E-state index in [1.54, 1.807) is 0 Å². The molecule has 0 radical (unpaired) electrons. The van der Waals surface area contributed by atoms with Gasteiger partial charge in [-0.2, -0.15) is 16.7 Å². The van der Waals surface area contributed by atoms with Gasteiger partial charge in [-0.05, 0) is 37.1 Å². The predicted molar refractivity (Wildman–Crippen MR) is 64.7 cm³/mol. The van der Waals surface area contributed by atoms with Gasteiger partial charge in [0.15, 0.2) is 0 Å². The fourth-order valence-electron chi connectivity index (χ4n) is 2.48. The van der Waals surface area contributed by atoms with Gasteiger partial charge in [-0.25, -0.2) is 4.79 Å². The normalized spacial score (nSPS) is 24.4. The zero-order valence-electron chi connectivity index (χ0n) is 9.08. The van der Waals surface area contributed by atoms with Crippen molar-refractivity contribution in [1.82, 2.24) is 15.3 Å². The van der Waals surface area contributed by atoms with Crippen molar-refractivity contribution in [2.24, 2.45) is 0 Å². The lowest BCUT2D eigenvalue weighted by atomic mass is 10.0. The van der Waals surface area contributed by atoms with E-state index in [0.29, 0.717) is 5.25 Å². The van der Waals surface area contributed by atoms with Crippen LogP contribution in [0.25, 0.3) is 0 Å². The highest BCUT2D eigenvalue weighted by molar-refractivity contribution is 7.99. The summed E-state index contributed by atoms with van der Waals surface area (Å²) in [6.07, 6.45) is 3.41. The number of hydrogen-bond donors (Lipinski definition) is 2. The van der Waals surface area contributed by atoms with Crippen molar-refractivity contribution in [2.75, 3.05) is 12.3 Å². The molecule has 1 aromatic rings. The Morgan fingerprint density at radius 1 is 1.44 bits per heavy atom. The third-order valence-electron chi connectivity index (χ3n) is 3.24. The first-order valence-electron chi connectivity index (χ1n) is 5.79. The van der Waals surface area contributed by atoms with E-state index in [-0.39, 0.29) is 5.69 Å². The molecule has 4 nitrogen and oxygen atoms in total.